The monoisotopic (exact) mass is 488 g/mol. The molecule has 0 radical (unpaired) electrons. The molecule has 0 N–H and O–H groups in total. The number of carbonyl (C=O) groups excluding carboxylic acids is 2. The van der Waals surface area contributed by atoms with Crippen molar-refractivity contribution in [2.75, 3.05) is 27.7 Å². The molecule has 3 rings (SSSR count). The van der Waals surface area contributed by atoms with E-state index < -0.39 is 17.7 Å². The van der Waals surface area contributed by atoms with Gasteiger partial charge in [0.25, 0.3) is 0 Å². The fourth-order valence-electron chi connectivity index (χ4n) is 4.32. The van der Waals surface area contributed by atoms with Crippen LogP contribution in [0.5, 0.6) is 5.75 Å². The van der Waals surface area contributed by atoms with E-state index in [0.29, 0.717) is 5.75 Å². The van der Waals surface area contributed by atoms with Gasteiger partial charge in [-0.1, -0.05) is 15.9 Å². The third-order valence-electron chi connectivity index (χ3n) is 5.50. The van der Waals surface area contributed by atoms with Crippen LogP contribution in [0.3, 0.4) is 0 Å². The number of amides is 1. The van der Waals surface area contributed by atoms with Crippen molar-refractivity contribution in [3.05, 3.63) is 26.6 Å². The Labute approximate surface area is 170 Å². The Morgan fingerprint density at radius 3 is 2.50 bits per heavy atom. The number of methoxy groups -OCH3 is 1. The average Bonchev–Trinajstić information content (AvgIpc) is 3.04. The molecule has 2 fully saturated rings. The number of hydrogen-bond acceptors (Lipinski definition) is 5. The zero-order valence-corrected chi connectivity index (χ0v) is 18.4. The summed E-state index contributed by atoms with van der Waals surface area (Å²) >= 11 is 7.12. The highest BCUT2D eigenvalue weighted by molar-refractivity contribution is 9.11. The predicted octanol–water partition coefficient (Wildman–Crippen LogP) is 3.13. The zero-order valence-electron chi connectivity index (χ0n) is 15.2. The van der Waals surface area contributed by atoms with Crippen molar-refractivity contribution < 1.29 is 19.1 Å². The van der Waals surface area contributed by atoms with Crippen LogP contribution in [-0.4, -0.2) is 61.2 Å². The van der Waals surface area contributed by atoms with E-state index in [1.807, 2.05) is 19.2 Å². The number of rotatable bonds is 3. The summed E-state index contributed by atoms with van der Waals surface area (Å²) in [5.74, 6) is -0.0737. The summed E-state index contributed by atoms with van der Waals surface area (Å²) in [7, 11) is 5.27. The number of nitrogens with zero attached hydrogens (tertiary/aromatic N) is 2. The summed E-state index contributed by atoms with van der Waals surface area (Å²) in [6.07, 6.45) is 0.979. The maximum Gasteiger partial charge on any atom is 0.304 e. The number of benzene rings is 1. The van der Waals surface area contributed by atoms with Crippen molar-refractivity contribution in [1.82, 2.24) is 9.80 Å². The fourth-order valence-corrected chi connectivity index (χ4v) is 5.72. The van der Waals surface area contributed by atoms with Gasteiger partial charge in [0.2, 0.25) is 5.91 Å². The second-order valence-electron chi connectivity index (χ2n) is 6.85. The summed E-state index contributed by atoms with van der Waals surface area (Å²) in [6, 6.07) is 3.82. The second-order valence-corrected chi connectivity index (χ2v) is 8.56. The standard InChI is InChI=1S/C18H22Br2N2O4/c1-10(23)26-16-15(11-8-14(25-4)13(20)9-12(11)19)18(17(24)22(16)3)6-5-7-21(18)2/h8-9,15-16H,5-7H2,1-4H3/t15-,16+,18-/m0/s1. The summed E-state index contributed by atoms with van der Waals surface area (Å²) in [6.45, 7) is 2.20. The Kier molecular flexibility index (Phi) is 5.38. The third kappa shape index (κ3) is 2.86. The Hall–Kier alpha value is -1.12. The Morgan fingerprint density at radius 2 is 1.96 bits per heavy atom. The number of likely N-dealkylation sites (N-methyl/N-ethyl adjacent to an activating group) is 2. The molecule has 0 saturated carbocycles. The number of carbonyl (C=O) groups is 2. The van der Waals surface area contributed by atoms with Crippen LogP contribution in [0.1, 0.15) is 31.2 Å². The lowest BCUT2D eigenvalue weighted by Gasteiger charge is -2.36. The quantitative estimate of drug-likeness (QED) is 0.610. The van der Waals surface area contributed by atoms with Crippen LogP contribution in [0, 0.1) is 0 Å². The summed E-state index contributed by atoms with van der Waals surface area (Å²) in [5.41, 5.74) is 0.165. The second kappa shape index (κ2) is 7.13. The molecule has 0 bridgehead atoms. The van der Waals surface area contributed by atoms with E-state index in [9.17, 15) is 9.59 Å². The lowest BCUT2D eigenvalue weighted by molar-refractivity contribution is -0.156. The van der Waals surface area contributed by atoms with Crippen LogP contribution < -0.4 is 4.74 Å². The SMILES string of the molecule is COc1cc([C@H]2[C@@H](OC(C)=O)N(C)C(=O)[C@]23CCCN3C)c(Br)cc1Br. The first-order chi connectivity index (χ1) is 12.2. The first-order valence-corrected chi connectivity index (χ1v) is 10.0. The van der Waals surface area contributed by atoms with E-state index in [1.54, 1.807) is 19.1 Å². The highest BCUT2D eigenvalue weighted by Gasteiger charge is 2.63. The molecule has 8 heteroatoms. The van der Waals surface area contributed by atoms with Gasteiger partial charge in [-0.25, -0.2) is 0 Å². The molecule has 0 unspecified atom stereocenters. The minimum absolute atomic E-state index is 0.0115. The van der Waals surface area contributed by atoms with Crippen LogP contribution in [0.2, 0.25) is 0 Å². The molecule has 2 aliphatic heterocycles. The minimum atomic E-state index is -0.726. The van der Waals surface area contributed by atoms with Crippen LogP contribution in [0.15, 0.2) is 21.1 Å². The van der Waals surface area contributed by atoms with Crippen molar-refractivity contribution in [3.63, 3.8) is 0 Å². The predicted molar refractivity (Wildman–Crippen MR) is 104 cm³/mol. The van der Waals surface area contributed by atoms with Gasteiger partial charge in [0.1, 0.15) is 11.3 Å². The maximum atomic E-state index is 13.3. The van der Waals surface area contributed by atoms with Gasteiger partial charge in [-0.3, -0.25) is 14.5 Å². The van der Waals surface area contributed by atoms with Crippen LogP contribution in [0.4, 0.5) is 0 Å². The van der Waals surface area contributed by atoms with Crippen molar-refractivity contribution in [2.45, 2.75) is 37.5 Å². The first-order valence-electron chi connectivity index (χ1n) is 8.42. The molecule has 6 nitrogen and oxygen atoms in total. The number of likely N-dealkylation sites (tertiary alicyclic amines) is 2. The van der Waals surface area contributed by atoms with Crippen LogP contribution >= 0.6 is 31.9 Å². The van der Waals surface area contributed by atoms with Gasteiger partial charge in [-0.15, -0.1) is 0 Å². The van der Waals surface area contributed by atoms with E-state index in [4.69, 9.17) is 9.47 Å². The molecular formula is C18H22Br2N2O4. The molecular weight excluding hydrogens is 468 g/mol. The molecule has 26 heavy (non-hydrogen) atoms. The van der Waals surface area contributed by atoms with Crippen LogP contribution in [-0.2, 0) is 14.3 Å². The van der Waals surface area contributed by atoms with Gasteiger partial charge in [-0.2, -0.15) is 0 Å². The lowest BCUT2D eigenvalue weighted by atomic mass is 9.78. The Morgan fingerprint density at radius 1 is 1.27 bits per heavy atom. The van der Waals surface area contributed by atoms with E-state index in [2.05, 4.69) is 36.8 Å². The lowest BCUT2D eigenvalue weighted by Crippen LogP contribution is -2.51. The molecule has 2 aliphatic rings. The molecule has 0 aliphatic carbocycles. The minimum Gasteiger partial charge on any atom is -0.496 e. The molecule has 2 saturated heterocycles. The van der Waals surface area contributed by atoms with Gasteiger partial charge in [0, 0.05) is 18.4 Å². The number of halogens is 2. The molecule has 3 atom stereocenters. The number of esters is 1. The highest BCUT2D eigenvalue weighted by Crippen LogP contribution is 2.52. The summed E-state index contributed by atoms with van der Waals surface area (Å²) in [5, 5.41) is 0. The van der Waals surface area contributed by atoms with Gasteiger partial charge in [0.15, 0.2) is 6.23 Å². The van der Waals surface area contributed by atoms with E-state index in [1.165, 1.54) is 6.92 Å². The first kappa shape index (κ1) is 19.6. The van der Waals surface area contributed by atoms with E-state index in [0.717, 1.165) is 33.9 Å². The maximum absolute atomic E-state index is 13.3. The van der Waals surface area contributed by atoms with Crippen molar-refractivity contribution >= 4 is 43.7 Å². The molecule has 1 aromatic rings. The number of ether oxygens (including phenoxy) is 2. The van der Waals surface area contributed by atoms with Crippen molar-refractivity contribution in [3.8, 4) is 5.75 Å². The van der Waals surface area contributed by atoms with E-state index in [-0.39, 0.29) is 11.8 Å². The average molecular weight is 490 g/mol. The molecule has 142 valence electrons. The largest absolute Gasteiger partial charge is 0.496 e. The normalized spacial score (nSPS) is 28.8. The molecule has 1 aromatic carbocycles. The van der Waals surface area contributed by atoms with E-state index >= 15 is 0 Å². The Balaban J connectivity index is 2.21. The van der Waals surface area contributed by atoms with Crippen molar-refractivity contribution in [1.29, 1.82) is 0 Å². The molecule has 0 aromatic heterocycles. The molecule has 1 amide bonds. The third-order valence-corrected chi connectivity index (χ3v) is 6.80. The fraction of sp³-hybridized carbons (Fsp3) is 0.556. The molecule has 1 spiro atoms. The van der Waals surface area contributed by atoms with Crippen LogP contribution in [0.25, 0.3) is 0 Å². The number of hydrogen-bond donors (Lipinski definition) is 0. The summed E-state index contributed by atoms with van der Waals surface area (Å²) < 4.78 is 12.7. The summed E-state index contributed by atoms with van der Waals surface area (Å²) in [4.78, 5) is 28.7. The molecule has 2 heterocycles. The Bertz CT molecular complexity index is 757. The zero-order chi connectivity index (χ0) is 19.2. The smallest absolute Gasteiger partial charge is 0.304 e. The van der Waals surface area contributed by atoms with Gasteiger partial charge < -0.3 is 14.4 Å². The highest BCUT2D eigenvalue weighted by atomic mass is 79.9. The topological polar surface area (TPSA) is 59.1 Å². The van der Waals surface area contributed by atoms with Gasteiger partial charge in [0.05, 0.1) is 17.5 Å². The van der Waals surface area contributed by atoms with Gasteiger partial charge in [-0.05, 0) is 60.1 Å². The van der Waals surface area contributed by atoms with Crippen molar-refractivity contribution in [2.24, 2.45) is 0 Å². The van der Waals surface area contributed by atoms with Gasteiger partial charge >= 0.3 is 5.97 Å².